The molecule has 0 aliphatic carbocycles. The van der Waals surface area contributed by atoms with Gasteiger partial charge in [-0.3, -0.25) is 0 Å². The summed E-state index contributed by atoms with van der Waals surface area (Å²) < 4.78 is 23.8. The summed E-state index contributed by atoms with van der Waals surface area (Å²) in [6.07, 6.45) is 2.59. The van der Waals surface area contributed by atoms with Crippen molar-refractivity contribution in [1.82, 2.24) is 0 Å². The molecule has 1 aromatic carbocycles. The summed E-state index contributed by atoms with van der Waals surface area (Å²) in [5.74, 6) is -0.756. The Morgan fingerprint density at radius 3 is 2.55 bits per heavy atom. The van der Waals surface area contributed by atoms with Crippen molar-refractivity contribution in [3.05, 3.63) is 34.3 Å². The summed E-state index contributed by atoms with van der Waals surface area (Å²) in [7, 11) is -2.93. The fourth-order valence-corrected chi connectivity index (χ4v) is 3.64. The Bertz CT molecular complexity index is 640. The maximum atomic E-state index is 11.5. The highest BCUT2D eigenvalue weighted by Crippen LogP contribution is 2.27. The van der Waals surface area contributed by atoms with Crippen LogP contribution in [0.4, 0.5) is 5.69 Å². The molecule has 0 radical (unpaired) electrons. The SMILES string of the molecule is O=C(O)/C=C/c1cc(Br)ccc1N1CCS(=O)(=O)CC1. The third kappa shape index (κ3) is 3.83. The van der Waals surface area contributed by atoms with Crippen molar-refractivity contribution < 1.29 is 18.3 Å². The Morgan fingerprint density at radius 1 is 1.30 bits per heavy atom. The molecule has 1 N–H and O–H groups in total. The fourth-order valence-electron chi connectivity index (χ4n) is 2.06. The molecule has 2 rings (SSSR count). The molecule has 1 fully saturated rings. The topological polar surface area (TPSA) is 74.7 Å². The van der Waals surface area contributed by atoms with Gasteiger partial charge in [0, 0.05) is 29.3 Å². The van der Waals surface area contributed by atoms with E-state index in [1.165, 1.54) is 6.08 Å². The molecular weight excluding hydrogens is 346 g/mol. The first-order valence-electron chi connectivity index (χ1n) is 6.03. The summed E-state index contributed by atoms with van der Waals surface area (Å²) in [4.78, 5) is 12.6. The smallest absolute Gasteiger partial charge is 0.328 e. The Kier molecular flexibility index (Phi) is 4.49. The van der Waals surface area contributed by atoms with Crippen molar-refractivity contribution in [2.75, 3.05) is 29.5 Å². The maximum absolute atomic E-state index is 11.5. The molecule has 0 bridgehead atoms. The van der Waals surface area contributed by atoms with Gasteiger partial charge in [0.25, 0.3) is 0 Å². The number of hydrogen-bond donors (Lipinski definition) is 1. The molecule has 1 aliphatic heterocycles. The molecule has 0 amide bonds. The molecule has 108 valence electrons. The van der Waals surface area contributed by atoms with Crippen molar-refractivity contribution in [1.29, 1.82) is 0 Å². The second kappa shape index (κ2) is 5.97. The summed E-state index contributed by atoms with van der Waals surface area (Å²) in [5.41, 5.74) is 1.60. The molecule has 1 aliphatic rings. The normalized spacial score (nSPS) is 18.4. The number of sulfone groups is 1. The van der Waals surface area contributed by atoms with Crippen LogP contribution in [-0.4, -0.2) is 44.1 Å². The molecule has 7 heteroatoms. The van der Waals surface area contributed by atoms with Crippen molar-refractivity contribution >= 4 is 43.5 Å². The molecular formula is C13H14BrNO4S. The Labute approximate surface area is 125 Å². The third-order valence-corrected chi connectivity index (χ3v) is 5.18. The number of halogens is 1. The minimum Gasteiger partial charge on any atom is -0.478 e. The molecule has 0 spiro atoms. The van der Waals surface area contributed by atoms with E-state index >= 15 is 0 Å². The van der Waals surface area contributed by atoms with Crippen LogP contribution in [0.2, 0.25) is 0 Å². The Morgan fingerprint density at radius 2 is 1.95 bits per heavy atom. The zero-order chi connectivity index (χ0) is 14.8. The molecule has 1 heterocycles. The van der Waals surface area contributed by atoms with Gasteiger partial charge < -0.3 is 10.0 Å². The predicted octanol–water partition coefficient (Wildman–Crippen LogP) is 1.78. The third-order valence-electron chi connectivity index (χ3n) is 3.08. The highest BCUT2D eigenvalue weighted by atomic mass is 79.9. The first-order chi connectivity index (χ1) is 9.37. The summed E-state index contributed by atoms with van der Waals surface area (Å²) >= 11 is 3.35. The van der Waals surface area contributed by atoms with Crippen LogP contribution in [0.3, 0.4) is 0 Å². The van der Waals surface area contributed by atoms with Gasteiger partial charge in [-0.25, -0.2) is 13.2 Å². The molecule has 0 atom stereocenters. The van der Waals surface area contributed by atoms with Crippen LogP contribution in [0.15, 0.2) is 28.7 Å². The van der Waals surface area contributed by atoms with Gasteiger partial charge in [-0.15, -0.1) is 0 Å². The van der Waals surface area contributed by atoms with Crippen LogP contribution in [-0.2, 0) is 14.6 Å². The Hall–Kier alpha value is -1.34. The van der Waals surface area contributed by atoms with E-state index < -0.39 is 15.8 Å². The van der Waals surface area contributed by atoms with Crippen molar-refractivity contribution in [3.63, 3.8) is 0 Å². The second-order valence-electron chi connectivity index (χ2n) is 4.51. The van der Waals surface area contributed by atoms with Gasteiger partial charge in [0.1, 0.15) is 0 Å². The standard InChI is InChI=1S/C13H14BrNO4S/c14-11-2-3-12(10(9-11)1-4-13(16)17)15-5-7-20(18,19)8-6-15/h1-4,9H,5-8H2,(H,16,17)/b4-1+. The number of anilines is 1. The van der Waals surface area contributed by atoms with Crippen LogP contribution in [0, 0.1) is 0 Å². The van der Waals surface area contributed by atoms with E-state index in [9.17, 15) is 13.2 Å². The van der Waals surface area contributed by atoms with E-state index in [0.29, 0.717) is 13.1 Å². The minimum atomic E-state index is -2.93. The predicted molar refractivity (Wildman–Crippen MR) is 81.7 cm³/mol. The fraction of sp³-hybridized carbons (Fsp3) is 0.308. The van der Waals surface area contributed by atoms with E-state index in [-0.39, 0.29) is 11.5 Å². The maximum Gasteiger partial charge on any atom is 0.328 e. The van der Waals surface area contributed by atoms with Crippen molar-refractivity contribution in [2.45, 2.75) is 0 Å². The lowest BCUT2D eigenvalue weighted by atomic mass is 10.1. The molecule has 5 nitrogen and oxygen atoms in total. The number of carbonyl (C=O) groups is 1. The number of rotatable bonds is 3. The number of nitrogens with zero attached hydrogens (tertiary/aromatic N) is 1. The van der Waals surface area contributed by atoms with Gasteiger partial charge in [0.15, 0.2) is 9.84 Å². The van der Waals surface area contributed by atoms with E-state index in [2.05, 4.69) is 15.9 Å². The molecule has 1 aromatic rings. The molecule has 20 heavy (non-hydrogen) atoms. The molecule has 0 unspecified atom stereocenters. The average Bonchev–Trinajstić information content (AvgIpc) is 2.37. The van der Waals surface area contributed by atoms with E-state index in [4.69, 9.17) is 5.11 Å². The van der Waals surface area contributed by atoms with Gasteiger partial charge in [-0.1, -0.05) is 15.9 Å². The second-order valence-corrected chi connectivity index (χ2v) is 7.73. The lowest BCUT2D eigenvalue weighted by Crippen LogP contribution is -2.40. The van der Waals surface area contributed by atoms with Gasteiger partial charge in [-0.2, -0.15) is 0 Å². The first-order valence-corrected chi connectivity index (χ1v) is 8.65. The van der Waals surface area contributed by atoms with Crippen molar-refractivity contribution in [2.24, 2.45) is 0 Å². The quantitative estimate of drug-likeness (QED) is 0.832. The summed E-state index contributed by atoms with van der Waals surface area (Å²) in [6.45, 7) is 0.857. The van der Waals surface area contributed by atoms with Crippen LogP contribution in [0.25, 0.3) is 6.08 Å². The Balaban J connectivity index is 2.29. The van der Waals surface area contributed by atoms with Crippen LogP contribution < -0.4 is 4.90 Å². The minimum absolute atomic E-state index is 0.130. The number of carboxylic acids is 1. The number of carboxylic acid groups (broad SMARTS) is 1. The number of benzene rings is 1. The monoisotopic (exact) mass is 359 g/mol. The van der Waals surface area contributed by atoms with Crippen LogP contribution in [0.5, 0.6) is 0 Å². The van der Waals surface area contributed by atoms with Crippen LogP contribution >= 0.6 is 15.9 Å². The molecule has 0 saturated carbocycles. The lowest BCUT2D eigenvalue weighted by molar-refractivity contribution is -0.131. The summed E-state index contributed by atoms with van der Waals surface area (Å²) in [5, 5.41) is 8.72. The zero-order valence-electron chi connectivity index (χ0n) is 10.6. The van der Waals surface area contributed by atoms with Gasteiger partial charge in [0.05, 0.1) is 11.5 Å². The largest absolute Gasteiger partial charge is 0.478 e. The summed E-state index contributed by atoms with van der Waals surface area (Å²) in [6, 6.07) is 5.54. The molecule has 0 aromatic heterocycles. The van der Waals surface area contributed by atoms with Gasteiger partial charge in [-0.05, 0) is 29.8 Å². The highest BCUT2D eigenvalue weighted by Gasteiger charge is 2.22. The van der Waals surface area contributed by atoms with Gasteiger partial charge >= 0.3 is 5.97 Å². The lowest BCUT2D eigenvalue weighted by Gasteiger charge is -2.30. The average molecular weight is 360 g/mol. The van der Waals surface area contributed by atoms with E-state index in [0.717, 1.165) is 21.8 Å². The zero-order valence-corrected chi connectivity index (χ0v) is 13.0. The first kappa shape index (κ1) is 15.1. The van der Waals surface area contributed by atoms with Crippen molar-refractivity contribution in [3.8, 4) is 0 Å². The van der Waals surface area contributed by atoms with Gasteiger partial charge in [0.2, 0.25) is 0 Å². The number of aliphatic carboxylic acids is 1. The molecule has 1 saturated heterocycles. The van der Waals surface area contributed by atoms with Crippen LogP contribution in [0.1, 0.15) is 5.56 Å². The number of hydrogen-bond acceptors (Lipinski definition) is 4. The van der Waals surface area contributed by atoms with E-state index in [1.54, 1.807) is 0 Å². The highest BCUT2D eigenvalue weighted by molar-refractivity contribution is 9.10. The van der Waals surface area contributed by atoms with E-state index in [1.807, 2.05) is 23.1 Å².